The molecule has 3 aromatic rings. The number of nitrogens with zero attached hydrogens (tertiary/aromatic N) is 2. The van der Waals surface area contributed by atoms with Crippen molar-refractivity contribution in [1.82, 2.24) is 14.5 Å². The monoisotopic (exact) mass is 439 g/mol. The highest BCUT2D eigenvalue weighted by molar-refractivity contribution is 5.75. The first kappa shape index (κ1) is 20.9. The molecule has 2 atom stereocenters. The second-order valence-corrected chi connectivity index (χ2v) is 8.51. The topological polar surface area (TPSA) is 89.0 Å². The zero-order valence-electron chi connectivity index (χ0n) is 18.6. The van der Waals surface area contributed by atoms with Crippen molar-refractivity contribution >= 4 is 11.0 Å². The van der Waals surface area contributed by atoms with E-state index in [1.165, 1.54) is 0 Å². The van der Waals surface area contributed by atoms with Crippen LogP contribution >= 0.6 is 0 Å². The van der Waals surface area contributed by atoms with Crippen molar-refractivity contribution < 1.29 is 19.3 Å². The Morgan fingerprint density at radius 1 is 1.03 bits per heavy atom. The lowest BCUT2D eigenvalue weighted by Crippen LogP contribution is -2.44. The highest BCUT2D eigenvalue weighted by Crippen LogP contribution is 2.49. The van der Waals surface area contributed by atoms with E-state index in [4.69, 9.17) is 14.2 Å². The molecule has 8 heteroatoms. The maximum absolute atomic E-state index is 12.6. The van der Waals surface area contributed by atoms with E-state index in [9.17, 15) is 9.90 Å². The van der Waals surface area contributed by atoms with E-state index in [1.54, 1.807) is 21.3 Å². The van der Waals surface area contributed by atoms with Gasteiger partial charge in [0.2, 0.25) is 5.75 Å². The number of rotatable bonds is 5. The number of ether oxygens (including phenoxy) is 3. The van der Waals surface area contributed by atoms with Crippen molar-refractivity contribution in [2.45, 2.75) is 37.5 Å². The Morgan fingerprint density at radius 3 is 2.44 bits per heavy atom. The van der Waals surface area contributed by atoms with Gasteiger partial charge < -0.3 is 24.3 Å². The van der Waals surface area contributed by atoms with Gasteiger partial charge in [0.1, 0.15) is 0 Å². The van der Waals surface area contributed by atoms with Crippen LogP contribution in [0, 0.1) is 0 Å². The maximum atomic E-state index is 12.6. The zero-order chi connectivity index (χ0) is 22.4. The average molecular weight is 440 g/mol. The van der Waals surface area contributed by atoms with Gasteiger partial charge in [-0.15, -0.1) is 0 Å². The molecule has 2 aliphatic rings. The molecule has 1 aliphatic heterocycles. The fourth-order valence-electron chi connectivity index (χ4n) is 5.48. The molecule has 0 radical (unpaired) electrons. The minimum Gasteiger partial charge on any atom is -0.493 e. The lowest BCUT2D eigenvalue weighted by Gasteiger charge is -2.37. The Kier molecular flexibility index (Phi) is 5.35. The number of methoxy groups -OCH3 is 3. The summed E-state index contributed by atoms with van der Waals surface area (Å²) in [5, 5.41) is 11.2. The molecule has 0 amide bonds. The van der Waals surface area contributed by atoms with Crippen LogP contribution < -0.4 is 19.9 Å². The predicted molar refractivity (Wildman–Crippen MR) is 121 cm³/mol. The summed E-state index contributed by atoms with van der Waals surface area (Å²) in [5.41, 5.74) is 3.57. The Balaban J connectivity index is 1.37. The summed E-state index contributed by atoms with van der Waals surface area (Å²) in [6.07, 6.45) is 1.75. The SMILES string of the molecule is COc1cc2c(c(OC)c1OC)CC(N1CCC(n3c(=O)[nH]c4ccccc43)CC1)C2O. The number of H-pyrrole nitrogens is 1. The minimum absolute atomic E-state index is 0.0450. The van der Waals surface area contributed by atoms with Gasteiger partial charge in [-0.1, -0.05) is 12.1 Å². The van der Waals surface area contributed by atoms with Crippen LogP contribution in [0.3, 0.4) is 0 Å². The number of hydrogen-bond donors (Lipinski definition) is 2. The molecular weight excluding hydrogens is 410 g/mol. The van der Waals surface area contributed by atoms with Gasteiger partial charge in [-0.3, -0.25) is 9.47 Å². The Hall–Kier alpha value is -2.97. The maximum Gasteiger partial charge on any atom is 0.326 e. The van der Waals surface area contributed by atoms with Gasteiger partial charge in [0, 0.05) is 30.7 Å². The number of para-hydroxylation sites is 2. The van der Waals surface area contributed by atoms with E-state index in [2.05, 4.69) is 9.88 Å². The summed E-state index contributed by atoms with van der Waals surface area (Å²) in [5.74, 6) is 1.74. The number of imidazole rings is 1. The van der Waals surface area contributed by atoms with Crippen LogP contribution in [0.15, 0.2) is 35.1 Å². The number of aliphatic hydroxyl groups is 1. The molecule has 1 aromatic heterocycles. The first-order valence-corrected chi connectivity index (χ1v) is 11.0. The Bertz CT molecular complexity index is 1190. The van der Waals surface area contributed by atoms with E-state index in [1.807, 2.05) is 34.9 Å². The summed E-state index contributed by atoms with van der Waals surface area (Å²) in [4.78, 5) is 17.9. The number of likely N-dealkylation sites (tertiary alicyclic amines) is 1. The zero-order valence-corrected chi connectivity index (χ0v) is 18.6. The van der Waals surface area contributed by atoms with Gasteiger partial charge in [0.25, 0.3) is 0 Å². The second-order valence-electron chi connectivity index (χ2n) is 8.51. The number of fused-ring (bicyclic) bond motifs is 2. The number of aliphatic hydroxyl groups excluding tert-OH is 1. The number of hydrogen-bond acceptors (Lipinski definition) is 6. The highest BCUT2D eigenvalue weighted by atomic mass is 16.5. The van der Waals surface area contributed by atoms with Gasteiger partial charge in [0.05, 0.1) is 38.5 Å². The number of aromatic amines is 1. The third kappa shape index (κ3) is 3.17. The number of nitrogens with one attached hydrogen (secondary N) is 1. The van der Waals surface area contributed by atoms with Crippen LogP contribution in [0.25, 0.3) is 11.0 Å². The summed E-state index contributed by atoms with van der Waals surface area (Å²) < 4.78 is 18.5. The van der Waals surface area contributed by atoms with Crippen molar-refractivity contribution in [3.63, 3.8) is 0 Å². The smallest absolute Gasteiger partial charge is 0.326 e. The number of benzene rings is 2. The third-order valence-electron chi connectivity index (χ3n) is 7.02. The second kappa shape index (κ2) is 8.18. The van der Waals surface area contributed by atoms with Crippen molar-refractivity contribution in [2.75, 3.05) is 34.4 Å². The normalized spacial score (nSPS) is 21.6. The fourth-order valence-corrected chi connectivity index (χ4v) is 5.48. The molecule has 5 rings (SSSR count). The molecule has 8 nitrogen and oxygen atoms in total. The largest absolute Gasteiger partial charge is 0.493 e. The van der Waals surface area contributed by atoms with E-state index in [0.717, 1.165) is 48.1 Å². The van der Waals surface area contributed by atoms with Crippen LogP contribution in [-0.2, 0) is 6.42 Å². The summed E-state index contributed by atoms with van der Waals surface area (Å²) >= 11 is 0. The molecule has 2 heterocycles. The minimum atomic E-state index is -0.633. The molecule has 0 bridgehead atoms. The van der Waals surface area contributed by atoms with Gasteiger partial charge in [-0.05, 0) is 43.0 Å². The summed E-state index contributed by atoms with van der Waals surface area (Å²) in [6, 6.07) is 9.78. The van der Waals surface area contributed by atoms with E-state index in [-0.39, 0.29) is 17.8 Å². The predicted octanol–water partition coefficient (Wildman–Crippen LogP) is 2.65. The molecule has 170 valence electrons. The molecule has 2 unspecified atom stereocenters. The molecule has 1 aliphatic carbocycles. The lowest BCUT2D eigenvalue weighted by molar-refractivity contribution is 0.0404. The first-order valence-electron chi connectivity index (χ1n) is 11.0. The quantitative estimate of drug-likeness (QED) is 0.636. The first-order chi connectivity index (χ1) is 15.6. The molecule has 1 saturated heterocycles. The molecular formula is C24H29N3O5. The molecule has 0 spiro atoms. The summed E-state index contributed by atoms with van der Waals surface area (Å²) in [6.45, 7) is 1.62. The Morgan fingerprint density at radius 2 is 1.75 bits per heavy atom. The number of piperidine rings is 1. The lowest BCUT2D eigenvalue weighted by atomic mass is 10.0. The van der Waals surface area contributed by atoms with Crippen LogP contribution in [0.4, 0.5) is 0 Å². The standard InChI is InChI=1S/C24H29N3O5/c1-30-20-13-15-16(22(31-2)23(20)32-3)12-19(21(15)28)26-10-8-14(9-11-26)27-18-7-5-4-6-17(18)25-24(27)29/h4-7,13-14,19,21,28H,8-12H2,1-3H3,(H,25,29). The average Bonchev–Trinajstić information content (AvgIpc) is 3.33. The van der Waals surface area contributed by atoms with Crippen molar-refractivity contribution in [3.05, 3.63) is 51.9 Å². The third-order valence-corrected chi connectivity index (χ3v) is 7.02. The van der Waals surface area contributed by atoms with E-state index in [0.29, 0.717) is 23.7 Å². The molecule has 32 heavy (non-hydrogen) atoms. The fraction of sp³-hybridized carbons (Fsp3) is 0.458. The molecule has 2 N–H and O–H groups in total. The van der Waals surface area contributed by atoms with Crippen LogP contribution in [0.2, 0.25) is 0 Å². The van der Waals surface area contributed by atoms with Gasteiger partial charge in [0.15, 0.2) is 11.5 Å². The van der Waals surface area contributed by atoms with Crippen LogP contribution in [0.5, 0.6) is 17.2 Å². The van der Waals surface area contributed by atoms with Gasteiger partial charge >= 0.3 is 5.69 Å². The van der Waals surface area contributed by atoms with Gasteiger partial charge in [-0.2, -0.15) is 0 Å². The van der Waals surface area contributed by atoms with Gasteiger partial charge in [-0.25, -0.2) is 4.79 Å². The van der Waals surface area contributed by atoms with Crippen LogP contribution in [0.1, 0.15) is 36.1 Å². The number of aromatic nitrogens is 2. The molecule has 2 aromatic carbocycles. The van der Waals surface area contributed by atoms with E-state index < -0.39 is 6.10 Å². The highest BCUT2D eigenvalue weighted by Gasteiger charge is 2.40. The van der Waals surface area contributed by atoms with Crippen LogP contribution in [-0.4, -0.2) is 60.0 Å². The molecule has 1 fully saturated rings. The van der Waals surface area contributed by atoms with Crippen molar-refractivity contribution in [3.8, 4) is 17.2 Å². The summed E-state index contributed by atoms with van der Waals surface area (Å²) in [7, 11) is 4.79. The molecule has 0 saturated carbocycles. The van der Waals surface area contributed by atoms with Crippen molar-refractivity contribution in [2.24, 2.45) is 0 Å². The van der Waals surface area contributed by atoms with Crippen molar-refractivity contribution in [1.29, 1.82) is 0 Å². The van der Waals surface area contributed by atoms with E-state index >= 15 is 0 Å². The Labute approximate surface area is 186 Å².